The van der Waals surface area contributed by atoms with Crippen molar-refractivity contribution >= 4 is 23.8 Å². The molecule has 1 fully saturated rings. The Bertz CT molecular complexity index is 938. The summed E-state index contributed by atoms with van der Waals surface area (Å²) in [4.78, 5) is 22.6. The van der Waals surface area contributed by atoms with Crippen LogP contribution in [0.25, 0.3) is 0 Å². The van der Waals surface area contributed by atoms with Gasteiger partial charge in [0.05, 0.1) is 20.8 Å². The van der Waals surface area contributed by atoms with E-state index in [2.05, 4.69) is 32.3 Å². The summed E-state index contributed by atoms with van der Waals surface area (Å²) in [6.07, 6.45) is 2.84. The Morgan fingerprint density at radius 1 is 1.13 bits per heavy atom. The van der Waals surface area contributed by atoms with Gasteiger partial charge in [0.1, 0.15) is 11.8 Å². The van der Waals surface area contributed by atoms with Crippen LogP contribution in [0.3, 0.4) is 0 Å². The number of carbonyl (C=O) groups is 1. The molecular weight excluding hydrogens is 380 g/mol. The highest BCUT2D eigenvalue weighted by atomic mass is 16.5. The number of ether oxygens (including phenoxy) is 2. The molecule has 0 aromatic heterocycles. The van der Waals surface area contributed by atoms with Gasteiger partial charge >= 0.3 is 5.97 Å². The van der Waals surface area contributed by atoms with Gasteiger partial charge in [-0.05, 0) is 41.8 Å². The Hall–Kier alpha value is -3.19. The van der Waals surface area contributed by atoms with E-state index in [0.717, 1.165) is 30.9 Å². The van der Waals surface area contributed by atoms with E-state index in [-0.39, 0.29) is 17.9 Å². The van der Waals surface area contributed by atoms with Gasteiger partial charge < -0.3 is 14.8 Å². The van der Waals surface area contributed by atoms with E-state index in [4.69, 9.17) is 9.47 Å². The van der Waals surface area contributed by atoms with Gasteiger partial charge in [-0.3, -0.25) is 14.7 Å². The number of methoxy groups -OCH3 is 2. The number of anilines is 1. The van der Waals surface area contributed by atoms with Crippen LogP contribution in [-0.2, 0) is 16.0 Å². The lowest BCUT2D eigenvalue weighted by molar-refractivity contribution is -0.140. The number of carbonyl (C=O) groups excluding carboxylic acids is 1. The Morgan fingerprint density at radius 2 is 1.90 bits per heavy atom. The largest absolute Gasteiger partial charge is 0.497 e. The van der Waals surface area contributed by atoms with Crippen LogP contribution in [0, 0.1) is 0 Å². The normalized spacial score (nSPS) is 22.2. The van der Waals surface area contributed by atoms with Crippen LogP contribution in [0.4, 0.5) is 5.69 Å². The quantitative estimate of drug-likeness (QED) is 0.565. The third-order valence-corrected chi connectivity index (χ3v) is 5.44. The van der Waals surface area contributed by atoms with Gasteiger partial charge in [0.25, 0.3) is 0 Å². The van der Waals surface area contributed by atoms with Crippen LogP contribution < -0.4 is 10.1 Å². The van der Waals surface area contributed by atoms with E-state index in [1.807, 2.05) is 42.6 Å². The second-order valence-corrected chi connectivity index (χ2v) is 7.43. The minimum atomic E-state index is -0.141. The molecule has 156 valence electrons. The van der Waals surface area contributed by atoms with Gasteiger partial charge in [0.2, 0.25) is 5.96 Å². The molecule has 0 amide bonds. The van der Waals surface area contributed by atoms with Gasteiger partial charge in [-0.1, -0.05) is 24.3 Å². The van der Waals surface area contributed by atoms with Crippen molar-refractivity contribution in [2.75, 3.05) is 39.2 Å². The standard InChI is InChI=1S/C23H26N4O3/c1-29-20-9-5-17(6-10-20)18-13-24-23(25-14-18)26-19-7-3-16(4-8-19)11-12-27-15-21(27)22(28)30-2/h3-10,13,18,21H,11-12,14-15H2,1-2H3,(H,25,26). The van der Waals surface area contributed by atoms with Crippen LogP contribution in [0.15, 0.2) is 58.5 Å². The summed E-state index contributed by atoms with van der Waals surface area (Å²) in [5, 5.41) is 3.27. The van der Waals surface area contributed by atoms with E-state index in [1.54, 1.807) is 7.11 Å². The number of benzene rings is 2. The Morgan fingerprint density at radius 3 is 2.53 bits per heavy atom. The number of hydrogen-bond acceptors (Lipinski definition) is 7. The summed E-state index contributed by atoms with van der Waals surface area (Å²) in [5.74, 6) is 1.50. The van der Waals surface area contributed by atoms with Gasteiger partial charge in [0, 0.05) is 30.9 Å². The molecule has 4 rings (SSSR count). The summed E-state index contributed by atoms with van der Waals surface area (Å²) in [6.45, 7) is 2.31. The van der Waals surface area contributed by atoms with E-state index < -0.39 is 0 Å². The zero-order valence-corrected chi connectivity index (χ0v) is 17.2. The number of hydrogen-bond donors (Lipinski definition) is 1. The Kier molecular flexibility index (Phi) is 6.09. The fraction of sp³-hybridized carbons (Fsp3) is 0.348. The third kappa shape index (κ3) is 4.86. The molecule has 0 saturated carbocycles. The smallest absolute Gasteiger partial charge is 0.324 e. The molecule has 30 heavy (non-hydrogen) atoms. The lowest BCUT2D eigenvalue weighted by Gasteiger charge is -2.16. The zero-order chi connectivity index (χ0) is 20.9. The van der Waals surface area contributed by atoms with E-state index >= 15 is 0 Å². The second kappa shape index (κ2) is 9.09. The highest BCUT2D eigenvalue weighted by Crippen LogP contribution is 2.22. The predicted octanol–water partition coefficient (Wildman–Crippen LogP) is 2.73. The molecule has 7 nitrogen and oxygen atoms in total. The van der Waals surface area contributed by atoms with Gasteiger partial charge in [-0.15, -0.1) is 0 Å². The number of rotatable bonds is 7. The van der Waals surface area contributed by atoms with Crippen LogP contribution in [-0.4, -0.2) is 62.9 Å². The Labute approximate surface area is 176 Å². The van der Waals surface area contributed by atoms with Gasteiger partial charge in [-0.25, -0.2) is 4.99 Å². The van der Waals surface area contributed by atoms with Crippen molar-refractivity contribution in [3.8, 4) is 5.75 Å². The average molecular weight is 406 g/mol. The van der Waals surface area contributed by atoms with Crippen molar-refractivity contribution < 1.29 is 14.3 Å². The van der Waals surface area contributed by atoms with Crippen molar-refractivity contribution in [1.82, 2.24) is 4.90 Å². The number of esters is 1. The van der Waals surface area contributed by atoms with Crippen LogP contribution in [0.5, 0.6) is 5.75 Å². The molecule has 2 aliphatic heterocycles. The molecule has 2 heterocycles. The number of aliphatic imine (C=N–C) groups is 2. The van der Waals surface area contributed by atoms with Crippen LogP contribution in [0.1, 0.15) is 17.0 Å². The maximum atomic E-state index is 11.5. The number of nitrogens with zero attached hydrogens (tertiary/aromatic N) is 3. The topological polar surface area (TPSA) is 75.3 Å². The molecule has 1 N–H and O–H groups in total. The van der Waals surface area contributed by atoms with Crippen molar-refractivity contribution in [1.29, 1.82) is 0 Å². The summed E-state index contributed by atoms with van der Waals surface area (Å²) in [6, 6.07) is 16.2. The minimum absolute atomic E-state index is 0.0557. The Balaban J connectivity index is 1.25. The molecule has 0 spiro atoms. The van der Waals surface area contributed by atoms with Gasteiger partial charge in [-0.2, -0.15) is 0 Å². The molecule has 0 radical (unpaired) electrons. The molecule has 0 bridgehead atoms. The first-order valence-electron chi connectivity index (χ1n) is 10.1. The molecular formula is C23H26N4O3. The fourth-order valence-corrected chi connectivity index (χ4v) is 3.49. The molecule has 0 aliphatic carbocycles. The molecule has 2 aliphatic rings. The predicted molar refractivity (Wildman–Crippen MR) is 118 cm³/mol. The van der Waals surface area contributed by atoms with Crippen molar-refractivity contribution in [3.05, 3.63) is 59.7 Å². The van der Waals surface area contributed by atoms with Crippen molar-refractivity contribution in [3.63, 3.8) is 0 Å². The molecule has 3 atom stereocenters. The summed E-state index contributed by atoms with van der Waals surface area (Å²) >= 11 is 0. The zero-order valence-electron chi connectivity index (χ0n) is 17.2. The molecule has 2 aromatic rings. The lowest BCUT2D eigenvalue weighted by Crippen LogP contribution is -2.18. The number of guanidine groups is 1. The van der Waals surface area contributed by atoms with Crippen molar-refractivity contribution in [2.45, 2.75) is 18.4 Å². The molecule has 1 saturated heterocycles. The van der Waals surface area contributed by atoms with E-state index in [0.29, 0.717) is 12.5 Å². The average Bonchev–Trinajstić information content (AvgIpc) is 3.58. The van der Waals surface area contributed by atoms with Crippen LogP contribution >= 0.6 is 0 Å². The minimum Gasteiger partial charge on any atom is -0.497 e. The summed E-state index contributed by atoms with van der Waals surface area (Å²) < 4.78 is 9.97. The lowest BCUT2D eigenvalue weighted by atomic mass is 10.00. The van der Waals surface area contributed by atoms with Crippen LogP contribution in [0.2, 0.25) is 0 Å². The molecule has 7 heteroatoms. The molecule has 2 aromatic carbocycles. The SMILES string of the molecule is COC(=O)C1CN1CCc1ccc(NC2=NCC(c3ccc(OC)cc3)C=N2)cc1. The monoisotopic (exact) mass is 406 g/mol. The first kappa shape index (κ1) is 20.1. The third-order valence-electron chi connectivity index (χ3n) is 5.44. The fourth-order valence-electron chi connectivity index (χ4n) is 3.49. The highest BCUT2D eigenvalue weighted by Gasteiger charge is 2.40. The van der Waals surface area contributed by atoms with Crippen molar-refractivity contribution in [2.24, 2.45) is 9.98 Å². The maximum Gasteiger partial charge on any atom is 0.324 e. The van der Waals surface area contributed by atoms with Gasteiger partial charge in [0.15, 0.2) is 0 Å². The number of nitrogens with one attached hydrogen (secondary N) is 1. The first-order chi connectivity index (χ1) is 14.7. The van der Waals surface area contributed by atoms with E-state index in [1.165, 1.54) is 18.2 Å². The first-order valence-corrected chi connectivity index (χ1v) is 10.1. The highest BCUT2D eigenvalue weighted by molar-refractivity contribution is 6.00. The summed E-state index contributed by atoms with van der Waals surface area (Å²) in [7, 11) is 3.10. The second-order valence-electron chi connectivity index (χ2n) is 7.43. The van der Waals surface area contributed by atoms with E-state index in [9.17, 15) is 4.79 Å². The maximum absolute atomic E-state index is 11.5. The molecule has 3 unspecified atom stereocenters. The summed E-state index contributed by atoms with van der Waals surface area (Å²) in [5.41, 5.74) is 3.36.